The molecule has 1 aliphatic heterocycles. The van der Waals surface area contributed by atoms with Gasteiger partial charge in [-0.2, -0.15) is 0 Å². The van der Waals surface area contributed by atoms with Crippen LogP contribution in [0, 0.1) is 0 Å². The van der Waals surface area contributed by atoms with Gasteiger partial charge in [-0.05, 0) is 38.6 Å². The Labute approximate surface area is 124 Å². The first-order valence-electron chi connectivity index (χ1n) is 7.27. The second-order valence-corrected chi connectivity index (χ2v) is 5.66. The van der Waals surface area contributed by atoms with E-state index in [1.807, 2.05) is 24.5 Å². The third-order valence-electron chi connectivity index (χ3n) is 4.09. The number of hydrogen-bond acceptors (Lipinski definition) is 3. The number of nitrogens with two attached hydrogens (primary N) is 1. The number of aromatic nitrogens is 2. The molecule has 0 bridgehead atoms. The highest BCUT2D eigenvalue weighted by atomic mass is 16.1. The molecule has 1 fully saturated rings. The number of likely N-dealkylation sites (tertiary alicyclic amines) is 1. The first-order valence-corrected chi connectivity index (χ1v) is 7.27. The maximum atomic E-state index is 11.1. The van der Waals surface area contributed by atoms with Crippen molar-refractivity contribution in [3.05, 3.63) is 42.2 Å². The number of piperidine rings is 1. The van der Waals surface area contributed by atoms with Crippen LogP contribution in [-0.4, -0.2) is 40.5 Å². The molecule has 1 aromatic carbocycles. The van der Waals surface area contributed by atoms with E-state index in [1.54, 1.807) is 12.1 Å². The van der Waals surface area contributed by atoms with Crippen LogP contribution >= 0.6 is 0 Å². The molecule has 2 N–H and O–H groups in total. The minimum Gasteiger partial charge on any atom is -0.366 e. The minimum absolute atomic E-state index is 0.404. The smallest absolute Gasteiger partial charge is 0.248 e. The monoisotopic (exact) mass is 284 g/mol. The number of amides is 1. The maximum absolute atomic E-state index is 11.1. The van der Waals surface area contributed by atoms with E-state index < -0.39 is 5.91 Å². The molecule has 3 rings (SSSR count). The molecule has 0 saturated carbocycles. The first-order chi connectivity index (χ1) is 10.1. The number of likely N-dealkylation sites (N-methyl/N-ethyl adjacent to an activating group) is 1. The van der Waals surface area contributed by atoms with Crippen molar-refractivity contribution < 1.29 is 4.79 Å². The SMILES string of the molecule is CN1CCCC(n2ccnc2-c2ccc(C(N)=O)cc2)C1. The van der Waals surface area contributed by atoms with Gasteiger partial charge in [-0.3, -0.25) is 4.79 Å². The summed E-state index contributed by atoms with van der Waals surface area (Å²) in [4.78, 5) is 18.0. The molecule has 21 heavy (non-hydrogen) atoms. The Morgan fingerprint density at radius 3 is 2.76 bits per heavy atom. The van der Waals surface area contributed by atoms with Gasteiger partial charge in [-0.1, -0.05) is 12.1 Å². The number of benzene rings is 1. The van der Waals surface area contributed by atoms with Crippen molar-refractivity contribution in [2.45, 2.75) is 18.9 Å². The second kappa shape index (κ2) is 5.69. The van der Waals surface area contributed by atoms with E-state index in [2.05, 4.69) is 21.5 Å². The molecule has 1 amide bonds. The van der Waals surface area contributed by atoms with Gasteiger partial charge in [0.1, 0.15) is 5.82 Å². The van der Waals surface area contributed by atoms with Gasteiger partial charge in [0, 0.05) is 36.1 Å². The van der Waals surface area contributed by atoms with Gasteiger partial charge in [0.2, 0.25) is 5.91 Å². The first kappa shape index (κ1) is 13.8. The third kappa shape index (κ3) is 2.83. The summed E-state index contributed by atoms with van der Waals surface area (Å²) in [5.74, 6) is 0.546. The summed E-state index contributed by atoms with van der Waals surface area (Å²) in [6.07, 6.45) is 6.26. The molecule has 1 aliphatic rings. The molecule has 1 saturated heterocycles. The number of nitrogens with zero attached hydrogens (tertiary/aromatic N) is 3. The Morgan fingerprint density at radius 1 is 1.33 bits per heavy atom. The van der Waals surface area contributed by atoms with E-state index in [-0.39, 0.29) is 0 Å². The van der Waals surface area contributed by atoms with Gasteiger partial charge in [0.25, 0.3) is 0 Å². The van der Waals surface area contributed by atoms with Gasteiger partial charge < -0.3 is 15.2 Å². The zero-order chi connectivity index (χ0) is 14.8. The van der Waals surface area contributed by atoms with Crippen LogP contribution in [0.25, 0.3) is 11.4 Å². The minimum atomic E-state index is -0.404. The van der Waals surface area contributed by atoms with Crippen LogP contribution in [0.1, 0.15) is 29.2 Å². The normalized spacial score (nSPS) is 19.6. The van der Waals surface area contributed by atoms with Crippen molar-refractivity contribution >= 4 is 5.91 Å². The average molecular weight is 284 g/mol. The van der Waals surface area contributed by atoms with Crippen molar-refractivity contribution in [3.8, 4) is 11.4 Å². The lowest BCUT2D eigenvalue weighted by Gasteiger charge is -2.31. The van der Waals surface area contributed by atoms with Crippen LogP contribution in [0.15, 0.2) is 36.7 Å². The summed E-state index contributed by atoms with van der Waals surface area (Å²) in [7, 11) is 2.16. The lowest BCUT2D eigenvalue weighted by Crippen LogP contribution is -2.33. The highest BCUT2D eigenvalue weighted by molar-refractivity contribution is 5.93. The van der Waals surface area contributed by atoms with Crippen LogP contribution < -0.4 is 5.73 Å². The molecule has 0 spiro atoms. The number of hydrogen-bond donors (Lipinski definition) is 1. The molecule has 0 radical (unpaired) electrons. The number of primary amides is 1. The van der Waals surface area contributed by atoms with Crippen molar-refractivity contribution in [3.63, 3.8) is 0 Å². The molecule has 110 valence electrons. The Bertz CT molecular complexity index is 632. The predicted octanol–water partition coefficient (Wildman–Crippen LogP) is 1.92. The van der Waals surface area contributed by atoms with Crippen molar-refractivity contribution in [1.82, 2.24) is 14.5 Å². The Balaban J connectivity index is 1.89. The van der Waals surface area contributed by atoms with Crippen molar-refractivity contribution in [2.75, 3.05) is 20.1 Å². The van der Waals surface area contributed by atoms with Gasteiger partial charge in [0.15, 0.2) is 0 Å². The zero-order valence-corrected chi connectivity index (χ0v) is 12.2. The van der Waals surface area contributed by atoms with Crippen LogP contribution in [0.4, 0.5) is 0 Å². The van der Waals surface area contributed by atoms with Crippen LogP contribution in [0.3, 0.4) is 0 Å². The fourth-order valence-corrected chi connectivity index (χ4v) is 2.98. The molecule has 5 nitrogen and oxygen atoms in total. The average Bonchev–Trinajstić information content (AvgIpc) is 2.97. The second-order valence-electron chi connectivity index (χ2n) is 5.66. The lowest BCUT2D eigenvalue weighted by molar-refractivity contribution is 0.100. The molecule has 1 unspecified atom stereocenters. The molecular formula is C16H20N4O. The van der Waals surface area contributed by atoms with Crippen LogP contribution in [-0.2, 0) is 0 Å². The fraction of sp³-hybridized carbons (Fsp3) is 0.375. The number of carbonyl (C=O) groups is 1. The standard InChI is InChI=1S/C16H20N4O/c1-19-9-2-3-14(11-19)20-10-8-18-16(20)13-6-4-12(5-7-13)15(17)21/h4-8,10,14H,2-3,9,11H2,1H3,(H2,17,21). The van der Waals surface area contributed by atoms with Crippen LogP contribution in [0.2, 0.25) is 0 Å². The largest absolute Gasteiger partial charge is 0.366 e. The molecule has 2 heterocycles. The van der Waals surface area contributed by atoms with E-state index in [4.69, 9.17) is 5.73 Å². The van der Waals surface area contributed by atoms with Crippen molar-refractivity contribution in [1.29, 1.82) is 0 Å². The van der Waals surface area contributed by atoms with E-state index in [9.17, 15) is 4.79 Å². The lowest BCUT2D eigenvalue weighted by atomic mass is 10.1. The van der Waals surface area contributed by atoms with Gasteiger partial charge >= 0.3 is 0 Å². The van der Waals surface area contributed by atoms with Crippen molar-refractivity contribution in [2.24, 2.45) is 5.73 Å². The predicted molar refractivity (Wildman–Crippen MR) is 81.9 cm³/mol. The number of imidazole rings is 1. The summed E-state index contributed by atoms with van der Waals surface area (Å²) < 4.78 is 2.24. The molecule has 5 heteroatoms. The maximum Gasteiger partial charge on any atom is 0.248 e. The number of carbonyl (C=O) groups excluding carboxylic acids is 1. The van der Waals surface area contributed by atoms with Gasteiger partial charge in [0.05, 0.1) is 0 Å². The van der Waals surface area contributed by atoms with E-state index in [1.165, 1.54) is 12.8 Å². The summed E-state index contributed by atoms with van der Waals surface area (Å²) in [6.45, 7) is 2.20. The van der Waals surface area contributed by atoms with E-state index >= 15 is 0 Å². The quantitative estimate of drug-likeness (QED) is 0.936. The summed E-state index contributed by atoms with van der Waals surface area (Å²) in [5, 5.41) is 0. The zero-order valence-electron chi connectivity index (χ0n) is 12.2. The highest BCUT2D eigenvalue weighted by Crippen LogP contribution is 2.27. The van der Waals surface area contributed by atoms with Crippen LogP contribution in [0.5, 0.6) is 0 Å². The Morgan fingerprint density at radius 2 is 2.10 bits per heavy atom. The number of rotatable bonds is 3. The topological polar surface area (TPSA) is 64.2 Å². The fourth-order valence-electron chi connectivity index (χ4n) is 2.98. The van der Waals surface area contributed by atoms with E-state index in [0.717, 1.165) is 24.5 Å². The highest BCUT2D eigenvalue weighted by Gasteiger charge is 2.21. The third-order valence-corrected chi connectivity index (χ3v) is 4.09. The van der Waals surface area contributed by atoms with Gasteiger partial charge in [-0.15, -0.1) is 0 Å². The van der Waals surface area contributed by atoms with Gasteiger partial charge in [-0.25, -0.2) is 4.98 Å². The molecule has 0 aliphatic carbocycles. The summed E-state index contributed by atoms with van der Waals surface area (Å²) >= 11 is 0. The molecule has 1 aromatic heterocycles. The molecule has 2 aromatic rings. The molecule has 1 atom stereocenters. The summed E-state index contributed by atoms with van der Waals surface area (Å²) in [6, 6.07) is 7.78. The Hall–Kier alpha value is -2.14. The summed E-state index contributed by atoms with van der Waals surface area (Å²) in [5.41, 5.74) is 6.81. The molecular weight excluding hydrogens is 264 g/mol. The van der Waals surface area contributed by atoms with E-state index in [0.29, 0.717) is 11.6 Å². The Kier molecular flexibility index (Phi) is 3.75.